The molecule has 1 aromatic carbocycles. The van der Waals surface area contributed by atoms with Crippen molar-refractivity contribution in [2.24, 2.45) is 5.92 Å². The average Bonchev–Trinajstić information content (AvgIpc) is 2.23. The van der Waals surface area contributed by atoms with Crippen LogP contribution in [0.3, 0.4) is 0 Å². The van der Waals surface area contributed by atoms with E-state index in [4.69, 9.17) is 0 Å². The van der Waals surface area contributed by atoms with E-state index in [2.05, 4.69) is 5.32 Å². The lowest BCUT2D eigenvalue weighted by Gasteiger charge is -2.15. The van der Waals surface area contributed by atoms with Gasteiger partial charge in [-0.3, -0.25) is 4.79 Å². The Hall–Kier alpha value is -1.75. The molecule has 0 aliphatic rings. The molecule has 1 unspecified atom stereocenters. The Morgan fingerprint density at radius 3 is 2.24 bits per heavy atom. The Balaban J connectivity index is 2.64. The second kappa shape index (κ2) is 5.54. The predicted molar refractivity (Wildman–Crippen MR) is 62.9 cm³/mol. The van der Waals surface area contributed by atoms with Crippen molar-refractivity contribution >= 4 is 5.91 Å². The highest BCUT2D eigenvalue weighted by Crippen LogP contribution is 2.20. The highest BCUT2D eigenvalue weighted by atomic mass is 16.3. The molecule has 0 aliphatic carbocycles. The number of aromatic hydroxyl groups is 2. The Kier molecular flexibility index (Phi) is 4.34. The monoisotopic (exact) mass is 239 g/mol. The van der Waals surface area contributed by atoms with E-state index in [1.807, 2.05) is 13.8 Å². The highest BCUT2D eigenvalue weighted by molar-refractivity contribution is 5.95. The summed E-state index contributed by atoms with van der Waals surface area (Å²) in [6.07, 6.45) is -0.621. The Morgan fingerprint density at radius 1 is 1.24 bits per heavy atom. The van der Waals surface area contributed by atoms with Crippen LogP contribution in [0.2, 0.25) is 0 Å². The minimum Gasteiger partial charge on any atom is -0.508 e. The van der Waals surface area contributed by atoms with Gasteiger partial charge in [0.1, 0.15) is 11.5 Å². The van der Waals surface area contributed by atoms with E-state index in [-0.39, 0.29) is 29.5 Å². The molecule has 1 amide bonds. The Morgan fingerprint density at radius 2 is 1.76 bits per heavy atom. The first-order valence-corrected chi connectivity index (χ1v) is 5.39. The van der Waals surface area contributed by atoms with Gasteiger partial charge in [0.05, 0.1) is 6.10 Å². The summed E-state index contributed by atoms with van der Waals surface area (Å²) in [6, 6.07) is 3.63. The van der Waals surface area contributed by atoms with Crippen molar-refractivity contribution in [3.8, 4) is 11.5 Å². The van der Waals surface area contributed by atoms with Gasteiger partial charge in [-0.1, -0.05) is 13.8 Å². The van der Waals surface area contributed by atoms with Crippen molar-refractivity contribution < 1.29 is 20.1 Å². The number of aliphatic hydroxyl groups excluding tert-OH is 1. The fraction of sp³-hybridized carbons (Fsp3) is 0.417. The third-order valence-electron chi connectivity index (χ3n) is 2.41. The quantitative estimate of drug-likeness (QED) is 0.627. The minimum atomic E-state index is -0.621. The lowest BCUT2D eigenvalue weighted by Crippen LogP contribution is -2.34. The molecule has 5 heteroatoms. The molecule has 0 aromatic heterocycles. The van der Waals surface area contributed by atoms with Gasteiger partial charge >= 0.3 is 0 Å². The van der Waals surface area contributed by atoms with Crippen LogP contribution in [-0.2, 0) is 0 Å². The van der Waals surface area contributed by atoms with Crippen molar-refractivity contribution in [1.82, 2.24) is 5.32 Å². The SMILES string of the molecule is CC(C)C(O)CNC(=O)c1cc(O)cc(O)c1. The molecule has 0 bridgehead atoms. The molecule has 5 nitrogen and oxygen atoms in total. The lowest BCUT2D eigenvalue weighted by atomic mass is 10.1. The molecular weight excluding hydrogens is 222 g/mol. The Bertz CT molecular complexity index is 383. The smallest absolute Gasteiger partial charge is 0.251 e. The summed E-state index contributed by atoms with van der Waals surface area (Å²) in [5.41, 5.74) is 0.151. The number of hydrogen-bond acceptors (Lipinski definition) is 4. The molecule has 0 heterocycles. The lowest BCUT2D eigenvalue weighted by molar-refractivity contribution is 0.0871. The number of carbonyl (C=O) groups excluding carboxylic acids is 1. The summed E-state index contributed by atoms with van der Waals surface area (Å²) in [5, 5.41) is 30.5. The average molecular weight is 239 g/mol. The normalized spacial score (nSPS) is 12.5. The van der Waals surface area contributed by atoms with Gasteiger partial charge in [-0.15, -0.1) is 0 Å². The van der Waals surface area contributed by atoms with Crippen molar-refractivity contribution in [3.63, 3.8) is 0 Å². The summed E-state index contributed by atoms with van der Waals surface area (Å²) >= 11 is 0. The number of phenols is 2. The second-order valence-electron chi connectivity index (χ2n) is 4.26. The first kappa shape index (κ1) is 13.3. The summed E-state index contributed by atoms with van der Waals surface area (Å²) in [6.45, 7) is 3.82. The molecule has 0 spiro atoms. The van der Waals surface area contributed by atoms with E-state index in [0.29, 0.717) is 0 Å². The van der Waals surface area contributed by atoms with Crippen LogP contribution in [0, 0.1) is 5.92 Å². The number of phenolic OH excluding ortho intramolecular Hbond substituents is 2. The number of amides is 1. The zero-order chi connectivity index (χ0) is 13.0. The molecule has 0 radical (unpaired) electrons. The van der Waals surface area contributed by atoms with E-state index in [1.165, 1.54) is 12.1 Å². The zero-order valence-electron chi connectivity index (χ0n) is 9.84. The summed E-state index contributed by atoms with van der Waals surface area (Å²) in [5.74, 6) is -0.761. The van der Waals surface area contributed by atoms with Gasteiger partial charge in [0.25, 0.3) is 5.91 Å². The summed E-state index contributed by atoms with van der Waals surface area (Å²) in [7, 11) is 0. The number of benzene rings is 1. The molecular formula is C12H17NO4. The number of hydrogen-bond donors (Lipinski definition) is 4. The highest BCUT2D eigenvalue weighted by Gasteiger charge is 2.12. The second-order valence-corrected chi connectivity index (χ2v) is 4.26. The van der Waals surface area contributed by atoms with Gasteiger partial charge in [-0.05, 0) is 18.1 Å². The van der Waals surface area contributed by atoms with Gasteiger partial charge in [0.15, 0.2) is 0 Å². The third-order valence-corrected chi connectivity index (χ3v) is 2.41. The van der Waals surface area contributed by atoms with Crippen LogP contribution in [0.1, 0.15) is 24.2 Å². The maximum Gasteiger partial charge on any atom is 0.251 e. The summed E-state index contributed by atoms with van der Waals surface area (Å²) in [4.78, 5) is 11.6. The van der Waals surface area contributed by atoms with E-state index < -0.39 is 12.0 Å². The van der Waals surface area contributed by atoms with E-state index in [9.17, 15) is 20.1 Å². The molecule has 1 aromatic rings. The van der Waals surface area contributed by atoms with Crippen LogP contribution >= 0.6 is 0 Å². The first-order chi connectivity index (χ1) is 7.90. The molecule has 1 rings (SSSR count). The maximum absolute atomic E-state index is 11.6. The van der Waals surface area contributed by atoms with Crippen LogP contribution in [-0.4, -0.2) is 33.9 Å². The van der Waals surface area contributed by atoms with Crippen molar-refractivity contribution in [3.05, 3.63) is 23.8 Å². The van der Waals surface area contributed by atoms with Gasteiger partial charge in [-0.25, -0.2) is 0 Å². The molecule has 94 valence electrons. The largest absolute Gasteiger partial charge is 0.508 e. The van der Waals surface area contributed by atoms with Crippen LogP contribution in [0.25, 0.3) is 0 Å². The molecule has 0 saturated heterocycles. The van der Waals surface area contributed by atoms with Crippen molar-refractivity contribution in [2.45, 2.75) is 20.0 Å². The fourth-order valence-electron chi connectivity index (χ4n) is 1.26. The number of rotatable bonds is 4. The molecule has 4 N–H and O–H groups in total. The van der Waals surface area contributed by atoms with E-state index >= 15 is 0 Å². The fourth-order valence-corrected chi connectivity index (χ4v) is 1.26. The Labute approximate surface area is 99.7 Å². The van der Waals surface area contributed by atoms with Crippen LogP contribution in [0.5, 0.6) is 11.5 Å². The van der Waals surface area contributed by atoms with Crippen molar-refractivity contribution in [2.75, 3.05) is 6.54 Å². The standard InChI is InChI=1S/C12H17NO4/c1-7(2)11(16)6-13-12(17)8-3-9(14)5-10(15)4-8/h3-5,7,11,14-16H,6H2,1-2H3,(H,13,17). The molecule has 0 fully saturated rings. The summed E-state index contributed by atoms with van der Waals surface area (Å²) < 4.78 is 0. The molecule has 17 heavy (non-hydrogen) atoms. The first-order valence-electron chi connectivity index (χ1n) is 5.39. The molecule has 1 atom stereocenters. The minimum absolute atomic E-state index is 0.0490. The number of aliphatic hydroxyl groups is 1. The van der Waals surface area contributed by atoms with Gasteiger partial charge < -0.3 is 20.6 Å². The molecule has 0 saturated carbocycles. The third kappa shape index (κ3) is 3.96. The van der Waals surface area contributed by atoms with E-state index in [1.54, 1.807) is 0 Å². The van der Waals surface area contributed by atoms with Gasteiger partial charge in [0.2, 0.25) is 0 Å². The zero-order valence-corrected chi connectivity index (χ0v) is 9.84. The predicted octanol–water partition coefficient (Wildman–Crippen LogP) is 0.845. The van der Waals surface area contributed by atoms with E-state index in [0.717, 1.165) is 6.07 Å². The topological polar surface area (TPSA) is 89.8 Å². The maximum atomic E-state index is 11.6. The van der Waals surface area contributed by atoms with Crippen LogP contribution < -0.4 is 5.32 Å². The van der Waals surface area contributed by atoms with Crippen LogP contribution in [0.4, 0.5) is 0 Å². The number of carbonyl (C=O) groups is 1. The van der Waals surface area contributed by atoms with Crippen molar-refractivity contribution in [1.29, 1.82) is 0 Å². The molecule has 0 aliphatic heterocycles. The van der Waals surface area contributed by atoms with Gasteiger partial charge in [-0.2, -0.15) is 0 Å². The number of nitrogens with one attached hydrogen (secondary N) is 1. The van der Waals surface area contributed by atoms with Gasteiger partial charge in [0, 0.05) is 18.2 Å². The van der Waals surface area contributed by atoms with Crippen LogP contribution in [0.15, 0.2) is 18.2 Å².